The van der Waals surface area contributed by atoms with Crippen LogP contribution in [0.5, 0.6) is 0 Å². The number of ether oxygens (including phenoxy) is 1. The van der Waals surface area contributed by atoms with Crippen molar-refractivity contribution in [2.75, 3.05) is 31.2 Å². The van der Waals surface area contributed by atoms with Gasteiger partial charge in [0.1, 0.15) is 5.82 Å². The Labute approximate surface area is 221 Å². The first kappa shape index (κ1) is 24.3. The van der Waals surface area contributed by atoms with Crippen molar-refractivity contribution in [3.8, 4) is 17.3 Å². The van der Waals surface area contributed by atoms with E-state index in [0.29, 0.717) is 18.4 Å². The van der Waals surface area contributed by atoms with E-state index in [1.807, 2.05) is 36.1 Å². The number of morpholine rings is 1. The zero-order chi connectivity index (χ0) is 26.2. The van der Waals surface area contributed by atoms with E-state index < -0.39 is 0 Å². The Morgan fingerprint density at radius 3 is 2.84 bits per heavy atom. The second kappa shape index (κ2) is 10.0. The molecule has 2 aromatic carbocycles. The molecular weight excluding hydrogens is 480 g/mol. The molecule has 38 heavy (non-hydrogen) atoms. The van der Waals surface area contributed by atoms with Gasteiger partial charge in [-0.1, -0.05) is 11.2 Å². The number of hydrogen-bond donors (Lipinski definition) is 0. The van der Waals surface area contributed by atoms with Crippen molar-refractivity contribution in [3.05, 3.63) is 65.7 Å². The van der Waals surface area contributed by atoms with Gasteiger partial charge in [-0.2, -0.15) is 5.26 Å². The van der Waals surface area contributed by atoms with Crippen LogP contribution >= 0.6 is 0 Å². The summed E-state index contributed by atoms with van der Waals surface area (Å²) in [6.45, 7) is 8.19. The molecule has 4 aromatic rings. The number of anilines is 1. The number of fused-ring (bicyclic) bond motifs is 1. The van der Waals surface area contributed by atoms with Crippen molar-refractivity contribution in [3.63, 3.8) is 0 Å². The van der Waals surface area contributed by atoms with E-state index in [-0.39, 0.29) is 18.0 Å². The predicted molar refractivity (Wildman–Crippen MR) is 142 cm³/mol. The highest BCUT2D eigenvalue weighted by molar-refractivity contribution is 5.96. The first-order valence-electron chi connectivity index (χ1n) is 13.1. The molecule has 0 radical (unpaired) electrons. The van der Waals surface area contributed by atoms with Gasteiger partial charge in [0.2, 0.25) is 5.91 Å². The Kier molecular flexibility index (Phi) is 6.44. The zero-order valence-electron chi connectivity index (χ0n) is 21.6. The molecule has 0 aliphatic carbocycles. The summed E-state index contributed by atoms with van der Waals surface area (Å²) in [6, 6.07) is 15.5. The molecule has 0 spiro atoms. The number of rotatable bonds is 6. The molecule has 0 bridgehead atoms. The summed E-state index contributed by atoms with van der Waals surface area (Å²) in [5, 5.41) is 14.5. The van der Waals surface area contributed by atoms with Gasteiger partial charge in [-0.3, -0.25) is 9.69 Å². The van der Waals surface area contributed by atoms with Crippen LogP contribution in [-0.2, 0) is 16.1 Å². The van der Waals surface area contributed by atoms with Crippen molar-refractivity contribution in [1.29, 1.82) is 5.26 Å². The third-order valence-electron chi connectivity index (χ3n) is 7.65. The number of amides is 1. The second-order valence-electron chi connectivity index (χ2n) is 10.1. The van der Waals surface area contributed by atoms with E-state index >= 15 is 0 Å². The summed E-state index contributed by atoms with van der Waals surface area (Å²) >= 11 is 0. The minimum atomic E-state index is -0.219. The lowest BCUT2D eigenvalue weighted by molar-refractivity contribution is -0.117. The molecule has 194 valence electrons. The molecule has 2 atom stereocenters. The maximum Gasteiger partial charge on any atom is 0.227 e. The van der Waals surface area contributed by atoms with Gasteiger partial charge in [-0.25, -0.2) is 4.98 Å². The van der Waals surface area contributed by atoms with Crippen LogP contribution in [0.2, 0.25) is 0 Å². The van der Waals surface area contributed by atoms with Crippen LogP contribution in [0.1, 0.15) is 42.9 Å². The largest absolute Gasteiger partial charge is 0.379 e. The molecular formula is C29H30N6O3. The van der Waals surface area contributed by atoms with Crippen LogP contribution < -0.4 is 4.90 Å². The average molecular weight is 511 g/mol. The molecule has 2 fully saturated rings. The number of imidazole rings is 1. The quantitative estimate of drug-likeness (QED) is 0.377. The van der Waals surface area contributed by atoms with Gasteiger partial charge < -0.3 is 18.7 Å². The van der Waals surface area contributed by atoms with Crippen LogP contribution in [0, 0.1) is 18.3 Å². The second-order valence-corrected chi connectivity index (χ2v) is 10.1. The number of carbonyl (C=O) groups is 1. The van der Waals surface area contributed by atoms with Crippen LogP contribution in [0.25, 0.3) is 22.2 Å². The Morgan fingerprint density at radius 2 is 2.03 bits per heavy atom. The van der Waals surface area contributed by atoms with Gasteiger partial charge in [0.25, 0.3) is 0 Å². The van der Waals surface area contributed by atoms with E-state index in [4.69, 9.17) is 14.2 Å². The third kappa shape index (κ3) is 4.46. The fraction of sp³-hybridized carbons (Fsp3) is 0.379. The summed E-state index contributed by atoms with van der Waals surface area (Å²) in [4.78, 5) is 22.5. The maximum absolute atomic E-state index is 13.1. The molecule has 2 aliphatic rings. The number of benzene rings is 2. The molecule has 9 nitrogen and oxygen atoms in total. The zero-order valence-corrected chi connectivity index (χ0v) is 21.6. The Hall–Kier alpha value is -4.00. The van der Waals surface area contributed by atoms with Crippen molar-refractivity contribution in [1.82, 2.24) is 19.6 Å². The van der Waals surface area contributed by atoms with Crippen LogP contribution in [0.3, 0.4) is 0 Å². The average Bonchev–Trinajstić information content (AvgIpc) is 3.65. The van der Waals surface area contributed by atoms with Gasteiger partial charge in [-0.05, 0) is 56.7 Å². The molecule has 1 amide bonds. The van der Waals surface area contributed by atoms with Crippen molar-refractivity contribution >= 4 is 22.6 Å². The lowest BCUT2D eigenvalue weighted by atomic mass is 10.1. The van der Waals surface area contributed by atoms with Gasteiger partial charge >= 0.3 is 0 Å². The van der Waals surface area contributed by atoms with E-state index in [9.17, 15) is 10.1 Å². The molecule has 6 rings (SSSR count). The highest BCUT2D eigenvalue weighted by Gasteiger charge is 2.37. The van der Waals surface area contributed by atoms with E-state index in [2.05, 4.69) is 39.9 Å². The maximum atomic E-state index is 13.1. The summed E-state index contributed by atoms with van der Waals surface area (Å²) in [6.07, 6.45) is 3.21. The van der Waals surface area contributed by atoms with Gasteiger partial charge in [0.05, 0.1) is 42.3 Å². The normalized spacial score (nSPS) is 19.2. The molecule has 2 aromatic heterocycles. The van der Waals surface area contributed by atoms with E-state index in [0.717, 1.165) is 72.3 Å². The number of carbonyl (C=O) groups excluding carboxylic acids is 1. The van der Waals surface area contributed by atoms with Gasteiger partial charge in [0, 0.05) is 54.9 Å². The Morgan fingerprint density at radius 1 is 1.18 bits per heavy atom. The Bertz CT molecular complexity index is 1530. The van der Waals surface area contributed by atoms with E-state index in [1.54, 1.807) is 12.1 Å². The lowest BCUT2D eigenvalue weighted by Crippen LogP contribution is -2.44. The van der Waals surface area contributed by atoms with Crippen molar-refractivity contribution < 1.29 is 14.1 Å². The van der Waals surface area contributed by atoms with Crippen LogP contribution in [-0.4, -0.2) is 57.9 Å². The fourth-order valence-corrected chi connectivity index (χ4v) is 5.60. The molecule has 0 saturated carbocycles. The minimum absolute atomic E-state index is 0.0453. The molecule has 2 aliphatic heterocycles. The molecule has 0 N–H and O–H groups in total. The van der Waals surface area contributed by atoms with Crippen LogP contribution in [0.4, 0.5) is 5.69 Å². The number of nitriles is 1. The predicted octanol–water partition coefficient (Wildman–Crippen LogP) is 4.46. The Balaban J connectivity index is 1.41. The number of nitrogens with zero attached hydrogens (tertiary/aromatic N) is 6. The highest BCUT2D eigenvalue weighted by Crippen LogP contribution is 2.38. The first-order chi connectivity index (χ1) is 18.5. The standard InChI is InChI=1S/C29H30N6O3/c1-19(33-10-12-37-13-11-33)17-34-18-25(22-6-8-27-24(15-22)20(2)32-38-27)31-29(34)26-7-9-28(36)35(26)23-5-3-4-21(14-23)16-30/h3-6,8,14-15,18-19,26H,7,9-13,17H2,1-2H3/t19-,26-/m0/s1. The summed E-state index contributed by atoms with van der Waals surface area (Å²) < 4.78 is 13.2. The molecule has 2 saturated heterocycles. The monoisotopic (exact) mass is 510 g/mol. The number of aryl methyl sites for hydroxylation is 1. The SMILES string of the molecule is Cc1noc2ccc(-c3cn(C[C@H](C)N4CCOCC4)c([C@@H]4CCC(=O)N4c4cccc(C#N)c4)n3)cc12. The van der Waals surface area contributed by atoms with Gasteiger partial charge in [-0.15, -0.1) is 0 Å². The fourth-order valence-electron chi connectivity index (χ4n) is 5.60. The highest BCUT2D eigenvalue weighted by atomic mass is 16.5. The minimum Gasteiger partial charge on any atom is -0.379 e. The lowest BCUT2D eigenvalue weighted by Gasteiger charge is -2.33. The third-order valence-corrected chi connectivity index (χ3v) is 7.65. The first-order valence-corrected chi connectivity index (χ1v) is 13.1. The van der Waals surface area contributed by atoms with E-state index in [1.165, 1.54) is 0 Å². The molecule has 0 unspecified atom stereocenters. The van der Waals surface area contributed by atoms with Crippen molar-refractivity contribution in [2.24, 2.45) is 0 Å². The number of aromatic nitrogens is 3. The summed E-state index contributed by atoms with van der Waals surface area (Å²) in [5.74, 6) is 0.902. The topological polar surface area (TPSA) is 100 Å². The van der Waals surface area contributed by atoms with Crippen molar-refractivity contribution in [2.45, 2.75) is 45.3 Å². The van der Waals surface area contributed by atoms with Crippen LogP contribution in [0.15, 0.2) is 53.2 Å². The summed E-state index contributed by atoms with van der Waals surface area (Å²) in [5.41, 5.74) is 4.68. The smallest absolute Gasteiger partial charge is 0.227 e. The molecule has 4 heterocycles. The molecule has 9 heteroatoms. The summed E-state index contributed by atoms with van der Waals surface area (Å²) in [7, 11) is 0. The number of hydrogen-bond acceptors (Lipinski definition) is 7. The van der Waals surface area contributed by atoms with Gasteiger partial charge in [0.15, 0.2) is 5.58 Å².